The molecule has 0 amide bonds. The summed E-state index contributed by atoms with van der Waals surface area (Å²) in [5, 5.41) is 1.49. The Bertz CT molecular complexity index is 1110. The van der Waals surface area contributed by atoms with Crippen LogP contribution in [0.15, 0.2) is 103 Å². The molecular formula is C28H29NSi. The van der Waals surface area contributed by atoms with Crippen molar-refractivity contribution in [1.29, 1.82) is 0 Å². The predicted octanol–water partition coefficient (Wildman–Crippen LogP) is 7.33. The van der Waals surface area contributed by atoms with E-state index in [0.717, 1.165) is 0 Å². The van der Waals surface area contributed by atoms with E-state index in [1.54, 1.807) is 0 Å². The molecule has 0 spiro atoms. The molecule has 0 radical (unpaired) electrons. The van der Waals surface area contributed by atoms with E-state index in [9.17, 15) is 0 Å². The van der Waals surface area contributed by atoms with Crippen LogP contribution in [0.2, 0.25) is 19.6 Å². The Morgan fingerprint density at radius 1 is 0.567 bits per heavy atom. The second kappa shape index (κ2) is 8.33. The zero-order valence-corrected chi connectivity index (χ0v) is 19.3. The first-order valence-corrected chi connectivity index (χ1v) is 14.0. The van der Waals surface area contributed by atoms with E-state index in [2.05, 4.69) is 135 Å². The minimum atomic E-state index is -1.30. The summed E-state index contributed by atoms with van der Waals surface area (Å²) < 4.78 is 0. The third-order valence-corrected chi connectivity index (χ3v) is 7.74. The van der Waals surface area contributed by atoms with Gasteiger partial charge in [0, 0.05) is 24.0 Å². The van der Waals surface area contributed by atoms with Crippen LogP contribution in [0, 0.1) is 0 Å². The molecule has 4 aromatic carbocycles. The van der Waals surface area contributed by atoms with Gasteiger partial charge in [0.1, 0.15) is 0 Å². The second-order valence-electron chi connectivity index (χ2n) is 8.82. The number of nitrogens with zero attached hydrogens (tertiary/aromatic N) is 1. The van der Waals surface area contributed by atoms with Crippen molar-refractivity contribution in [1.82, 2.24) is 0 Å². The summed E-state index contributed by atoms with van der Waals surface area (Å²) in [6, 6.07) is 37.2. The monoisotopic (exact) mass is 407 g/mol. The highest BCUT2D eigenvalue weighted by Crippen LogP contribution is 2.37. The summed E-state index contributed by atoms with van der Waals surface area (Å²) >= 11 is 0. The molecule has 0 aliphatic carbocycles. The van der Waals surface area contributed by atoms with Crippen LogP contribution in [0.1, 0.15) is 0 Å². The summed E-state index contributed by atoms with van der Waals surface area (Å²) in [6.45, 7) is 7.17. The van der Waals surface area contributed by atoms with Crippen LogP contribution in [0.4, 0.5) is 11.4 Å². The Kier molecular flexibility index (Phi) is 5.60. The van der Waals surface area contributed by atoms with Gasteiger partial charge in [-0.15, -0.1) is 0 Å². The molecule has 0 N–H and O–H groups in total. The number of benzene rings is 4. The Balaban J connectivity index is 1.79. The van der Waals surface area contributed by atoms with E-state index in [0.29, 0.717) is 0 Å². The summed E-state index contributed by atoms with van der Waals surface area (Å²) in [5.41, 5.74) is 7.37. The quantitative estimate of drug-likeness (QED) is 0.313. The van der Waals surface area contributed by atoms with Gasteiger partial charge in [-0.2, -0.15) is 0 Å². The molecule has 0 aliphatic heterocycles. The molecule has 0 heterocycles. The van der Waals surface area contributed by atoms with Gasteiger partial charge < -0.3 is 4.90 Å². The molecule has 0 bridgehead atoms. The molecule has 0 saturated carbocycles. The molecule has 4 rings (SSSR count). The van der Waals surface area contributed by atoms with Gasteiger partial charge in [0.15, 0.2) is 0 Å². The van der Waals surface area contributed by atoms with Crippen LogP contribution in [0.3, 0.4) is 0 Å². The molecule has 0 atom stereocenters. The molecule has 1 nitrogen and oxygen atoms in total. The van der Waals surface area contributed by atoms with E-state index >= 15 is 0 Å². The molecule has 150 valence electrons. The Hall–Kier alpha value is -3.10. The number of anilines is 2. The smallest absolute Gasteiger partial charge is 0.0775 e. The van der Waals surface area contributed by atoms with Crippen molar-refractivity contribution in [3.8, 4) is 22.3 Å². The minimum Gasteiger partial charge on any atom is -0.344 e. The molecule has 0 saturated heterocycles. The topological polar surface area (TPSA) is 3.24 Å². The third-order valence-electron chi connectivity index (χ3n) is 5.67. The number of hydrogen-bond acceptors (Lipinski definition) is 1. The SMILES string of the molecule is CN(c1ccc([Si](C)(C)C)cc1)c1ccc(-c2ccccc2)cc1-c1ccccc1. The summed E-state index contributed by atoms with van der Waals surface area (Å²) in [5.74, 6) is 0. The standard InChI is InChI=1S/C28H29NSi/c1-29(25-16-18-26(19-17-25)30(2,3)4)28-20-15-24(22-11-7-5-8-12-22)21-27(28)23-13-9-6-10-14-23/h5-21H,1-4H3. The first kappa shape index (κ1) is 20.2. The lowest BCUT2D eigenvalue weighted by atomic mass is 9.96. The van der Waals surface area contributed by atoms with Crippen LogP contribution in [-0.2, 0) is 0 Å². The van der Waals surface area contributed by atoms with Crippen molar-refractivity contribution >= 4 is 24.6 Å². The van der Waals surface area contributed by atoms with Crippen LogP contribution >= 0.6 is 0 Å². The van der Waals surface area contributed by atoms with E-state index in [1.807, 2.05) is 0 Å². The van der Waals surface area contributed by atoms with E-state index < -0.39 is 8.07 Å². The fraction of sp³-hybridized carbons (Fsp3) is 0.143. The van der Waals surface area contributed by atoms with Crippen molar-refractivity contribution in [2.24, 2.45) is 0 Å². The van der Waals surface area contributed by atoms with Crippen LogP contribution in [-0.4, -0.2) is 15.1 Å². The van der Waals surface area contributed by atoms with Crippen molar-refractivity contribution in [2.45, 2.75) is 19.6 Å². The van der Waals surface area contributed by atoms with Crippen molar-refractivity contribution in [3.05, 3.63) is 103 Å². The highest BCUT2D eigenvalue weighted by atomic mass is 28.3. The molecule has 0 aromatic heterocycles. The van der Waals surface area contributed by atoms with Gasteiger partial charge in [0.2, 0.25) is 0 Å². The molecular weight excluding hydrogens is 378 g/mol. The average Bonchev–Trinajstić information content (AvgIpc) is 2.79. The highest BCUT2D eigenvalue weighted by molar-refractivity contribution is 6.88. The molecule has 0 aliphatic rings. The maximum absolute atomic E-state index is 2.39. The Morgan fingerprint density at radius 3 is 1.70 bits per heavy atom. The lowest BCUT2D eigenvalue weighted by molar-refractivity contribution is 1.21. The predicted molar refractivity (Wildman–Crippen MR) is 135 cm³/mol. The minimum absolute atomic E-state index is 1.21. The van der Waals surface area contributed by atoms with Gasteiger partial charge >= 0.3 is 0 Å². The third kappa shape index (κ3) is 4.24. The fourth-order valence-electron chi connectivity index (χ4n) is 3.81. The van der Waals surface area contributed by atoms with Crippen molar-refractivity contribution in [2.75, 3.05) is 11.9 Å². The Labute approximate surface area is 181 Å². The Morgan fingerprint density at radius 2 is 1.13 bits per heavy atom. The molecule has 0 fully saturated rings. The highest BCUT2D eigenvalue weighted by Gasteiger charge is 2.17. The van der Waals surface area contributed by atoms with Gasteiger partial charge in [-0.1, -0.05) is 104 Å². The van der Waals surface area contributed by atoms with E-state index in [4.69, 9.17) is 0 Å². The van der Waals surface area contributed by atoms with E-state index in [-0.39, 0.29) is 0 Å². The molecule has 30 heavy (non-hydrogen) atoms. The molecule has 2 heteroatoms. The number of hydrogen-bond donors (Lipinski definition) is 0. The zero-order chi connectivity index (χ0) is 21.1. The van der Waals surface area contributed by atoms with Gasteiger partial charge in [-0.05, 0) is 41.0 Å². The maximum atomic E-state index is 2.39. The van der Waals surface area contributed by atoms with Gasteiger partial charge in [0.05, 0.1) is 8.07 Å². The van der Waals surface area contributed by atoms with Crippen molar-refractivity contribution < 1.29 is 0 Å². The zero-order valence-electron chi connectivity index (χ0n) is 18.3. The molecule has 4 aromatic rings. The van der Waals surface area contributed by atoms with Crippen LogP contribution in [0.25, 0.3) is 22.3 Å². The largest absolute Gasteiger partial charge is 0.344 e. The summed E-state index contributed by atoms with van der Waals surface area (Å²) in [4.78, 5) is 2.30. The lowest BCUT2D eigenvalue weighted by Crippen LogP contribution is -2.37. The van der Waals surface area contributed by atoms with Crippen LogP contribution < -0.4 is 10.1 Å². The first-order valence-electron chi connectivity index (χ1n) is 10.5. The summed E-state index contributed by atoms with van der Waals surface area (Å²) in [6.07, 6.45) is 0. The fourth-order valence-corrected chi connectivity index (χ4v) is 4.98. The van der Waals surface area contributed by atoms with Gasteiger partial charge in [-0.25, -0.2) is 0 Å². The van der Waals surface area contributed by atoms with Gasteiger partial charge in [0.25, 0.3) is 0 Å². The maximum Gasteiger partial charge on any atom is 0.0775 e. The van der Waals surface area contributed by atoms with Crippen molar-refractivity contribution in [3.63, 3.8) is 0 Å². The average molecular weight is 408 g/mol. The molecule has 0 unspecified atom stereocenters. The van der Waals surface area contributed by atoms with E-state index in [1.165, 1.54) is 38.8 Å². The number of rotatable bonds is 5. The second-order valence-corrected chi connectivity index (χ2v) is 13.9. The lowest BCUT2D eigenvalue weighted by Gasteiger charge is -2.25. The first-order chi connectivity index (χ1) is 14.4. The van der Waals surface area contributed by atoms with Gasteiger partial charge in [-0.3, -0.25) is 0 Å². The van der Waals surface area contributed by atoms with Crippen LogP contribution in [0.5, 0.6) is 0 Å². The summed E-state index contributed by atoms with van der Waals surface area (Å²) in [7, 11) is 0.863. The normalized spacial score (nSPS) is 11.3.